The van der Waals surface area contributed by atoms with Crippen molar-refractivity contribution in [3.05, 3.63) is 35.1 Å². The average Bonchev–Trinajstić information content (AvgIpc) is 3.20. The van der Waals surface area contributed by atoms with E-state index in [1.165, 1.54) is 18.3 Å². The molecule has 0 spiro atoms. The highest BCUT2D eigenvalue weighted by molar-refractivity contribution is 7.92. The lowest BCUT2D eigenvalue weighted by molar-refractivity contribution is 0.569. The molecule has 1 atom stereocenters. The second-order valence-electron chi connectivity index (χ2n) is 5.86. The van der Waals surface area contributed by atoms with Crippen LogP contribution in [0.15, 0.2) is 28.6 Å². The van der Waals surface area contributed by atoms with Crippen LogP contribution in [0, 0.1) is 18.7 Å². The number of benzene rings is 1. The van der Waals surface area contributed by atoms with Gasteiger partial charge in [-0.3, -0.25) is 4.72 Å². The van der Waals surface area contributed by atoms with E-state index in [4.69, 9.17) is 0 Å². The summed E-state index contributed by atoms with van der Waals surface area (Å²) in [5, 5.41) is 8.04. The molecule has 1 saturated heterocycles. The summed E-state index contributed by atoms with van der Waals surface area (Å²) < 4.78 is 45.2. The van der Waals surface area contributed by atoms with Gasteiger partial charge < -0.3 is 10.6 Å². The van der Waals surface area contributed by atoms with E-state index in [1.54, 1.807) is 12.3 Å². The third kappa shape index (κ3) is 3.85. The highest BCUT2D eigenvalue weighted by Gasteiger charge is 2.22. The van der Waals surface area contributed by atoms with Gasteiger partial charge in [0.05, 0.1) is 11.9 Å². The van der Waals surface area contributed by atoms with E-state index in [0.717, 1.165) is 37.6 Å². The number of rotatable bonds is 6. The Morgan fingerprint density at radius 1 is 1.46 bits per heavy atom. The van der Waals surface area contributed by atoms with E-state index in [2.05, 4.69) is 19.7 Å². The summed E-state index contributed by atoms with van der Waals surface area (Å²) in [6.07, 6.45) is 2.47. The summed E-state index contributed by atoms with van der Waals surface area (Å²) in [5.41, 5.74) is 1.63. The Morgan fingerprint density at radius 2 is 2.29 bits per heavy atom. The number of halogens is 1. The monoisotopic (exact) mass is 370 g/mol. The molecule has 0 bridgehead atoms. The lowest BCUT2D eigenvalue weighted by Gasteiger charge is -2.15. The fourth-order valence-corrected chi connectivity index (χ4v) is 4.38. The predicted octanol–water partition coefficient (Wildman–Crippen LogP) is 2.41. The largest absolute Gasteiger partial charge is 0.384 e. The van der Waals surface area contributed by atoms with Crippen LogP contribution in [0.1, 0.15) is 12.0 Å². The molecule has 3 N–H and O–H groups in total. The Morgan fingerprint density at radius 3 is 2.96 bits per heavy atom. The molecule has 1 aliphatic rings. The van der Waals surface area contributed by atoms with Crippen LogP contribution < -0.4 is 15.4 Å². The quantitative estimate of drug-likeness (QED) is 0.727. The Balaban J connectivity index is 1.78. The SMILES string of the molecule is Cc1cc(S(=O)(=O)Nc2cnsc2)c(F)cc1NC[C@H]1CCNC1. The van der Waals surface area contributed by atoms with Gasteiger partial charge in [0.25, 0.3) is 10.0 Å². The number of anilines is 2. The molecular formula is C15H19FN4O2S2. The standard InChI is InChI=1S/C15H19FN4O2S2/c1-10-4-15(24(21,22)20-12-8-19-23-9-12)13(16)5-14(10)18-7-11-2-3-17-6-11/h4-5,8-9,11,17-18,20H,2-3,6-7H2,1H3/t11-/m0/s1. The molecule has 130 valence electrons. The van der Waals surface area contributed by atoms with Crippen molar-refractivity contribution >= 4 is 32.9 Å². The van der Waals surface area contributed by atoms with Gasteiger partial charge in [-0.2, -0.15) is 4.37 Å². The zero-order valence-corrected chi connectivity index (χ0v) is 14.8. The maximum atomic E-state index is 14.4. The topological polar surface area (TPSA) is 83.1 Å². The van der Waals surface area contributed by atoms with Gasteiger partial charge in [-0.1, -0.05) is 0 Å². The second kappa shape index (κ2) is 7.04. The number of sulfonamides is 1. The molecule has 0 unspecified atom stereocenters. The molecule has 9 heteroatoms. The van der Waals surface area contributed by atoms with Gasteiger partial charge in [-0.25, -0.2) is 12.8 Å². The molecule has 24 heavy (non-hydrogen) atoms. The molecule has 0 amide bonds. The van der Waals surface area contributed by atoms with Crippen molar-refractivity contribution in [1.29, 1.82) is 0 Å². The molecule has 1 aliphatic heterocycles. The fourth-order valence-electron chi connectivity index (χ4n) is 2.66. The van der Waals surface area contributed by atoms with E-state index < -0.39 is 15.8 Å². The minimum Gasteiger partial charge on any atom is -0.384 e. The molecule has 1 aromatic carbocycles. The van der Waals surface area contributed by atoms with E-state index in [9.17, 15) is 12.8 Å². The Labute approximate surface area is 144 Å². The third-order valence-electron chi connectivity index (χ3n) is 4.00. The second-order valence-corrected chi connectivity index (χ2v) is 8.16. The molecule has 2 aromatic rings. The number of aryl methyl sites for hydroxylation is 1. The lowest BCUT2D eigenvalue weighted by Crippen LogP contribution is -2.18. The van der Waals surface area contributed by atoms with Crippen LogP contribution in [0.25, 0.3) is 0 Å². The van der Waals surface area contributed by atoms with Crippen LogP contribution in [0.2, 0.25) is 0 Å². The lowest BCUT2D eigenvalue weighted by atomic mass is 10.1. The first-order chi connectivity index (χ1) is 11.5. The number of hydrogen-bond donors (Lipinski definition) is 3. The van der Waals surface area contributed by atoms with Gasteiger partial charge in [0.2, 0.25) is 0 Å². The summed E-state index contributed by atoms with van der Waals surface area (Å²) in [4.78, 5) is -0.362. The van der Waals surface area contributed by atoms with Crippen LogP contribution in [-0.2, 0) is 10.0 Å². The van der Waals surface area contributed by atoms with Gasteiger partial charge in [0.15, 0.2) is 0 Å². The maximum Gasteiger partial charge on any atom is 0.264 e. The molecule has 0 aliphatic carbocycles. The Hall–Kier alpha value is -1.71. The number of aromatic nitrogens is 1. The molecule has 2 heterocycles. The van der Waals surface area contributed by atoms with Gasteiger partial charge in [0.1, 0.15) is 10.7 Å². The van der Waals surface area contributed by atoms with Crippen molar-refractivity contribution in [1.82, 2.24) is 9.69 Å². The van der Waals surface area contributed by atoms with Crippen molar-refractivity contribution in [2.45, 2.75) is 18.2 Å². The van der Waals surface area contributed by atoms with E-state index in [0.29, 0.717) is 22.9 Å². The van der Waals surface area contributed by atoms with Crippen LogP contribution in [0.3, 0.4) is 0 Å². The first-order valence-corrected chi connectivity index (χ1v) is 9.94. The molecule has 1 fully saturated rings. The van der Waals surface area contributed by atoms with Crippen LogP contribution >= 0.6 is 11.5 Å². The zero-order chi connectivity index (χ0) is 17.2. The Bertz CT molecular complexity index is 803. The molecule has 0 radical (unpaired) electrons. The smallest absolute Gasteiger partial charge is 0.264 e. The number of hydrogen-bond acceptors (Lipinski definition) is 6. The summed E-state index contributed by atoms with van der Waals surface area (Å²) in [5.74, 6) is -0.271. The maximum absolute atomic E-state index is 14.4. The summed E-state index contributed by atoms with van der Waals surface area (Å²) in [7, 11) is -3.98. The van der Waals surface area contributed by atoms with Crippen molar-refractivity contribution in [2.75, 3.05) is 29.7 Å². The molecule has 0 saturated carbocycles. The highest BCUT2D eigenvalue weighted by atomic mass is 32.2. The van der Waals surface area contributed by atoms with E-state index in [1.807, 2.05) is 0 Å². The van der Waals surface area contributed by atoms with Gasteiger partial charge in [-0.05, 0) is 61.6 Å². The van der Waals surface area contributed by atoms with Crippen LogP contribution in [0.5, 0.6) is 0 Å². The highest BCUT2D eigenvalue weighted by Crippen LogP contribution is 2.26. The van der Waals surface area contributed by atoms with E-state index in [-0.39, 0.29) is 4.90 Å². The van der Waals surface area contributed by atoms with Gasteiger partial charge >= 0.3 is 0 Å². The molecule has 1 aromatic heterocycles. The van der Waals surface area contributed by atoms with Crippen molar-refractivity contribution in [3.8, 4) is 0 Å². The van der Waals surface area contributed by atoms with Gasteiger partial charge in [0, 0.05) is 17.6 Å². The molecule has 6 nitrogen and oxygen atoms in total. The first-order valence-electron chi connectivity index (χ1n) is 7.62. The third-order valence-corrected chi connectivity index (χ3v) is 5.98. The normalized spacial score (nSPS) is 17.8. The van der Waals surface area contributed by atoms with Crippen LogP contribution in [0.4, 0.5) is 15.8 Å². The Kier molecular flexibility index (Phi) is 5.02. The molecule has 3 rings (SSSR count). The van der Waals surface area contributed by atoms with Crippen molar-refractivity contribution in [3.63, 3.8) is 0 Å². The number of nitrogens with zero attached hydrogens (tertiary/aromatic N) is 1. The van der Waals surface area contributed by atoms with Crippen molar-refractivity contribution in [2.24, 2.45) is 5.92 Å². The summed E-state index contributed by atoms with van der Waals surface area (Å²) in [6, 6.07) is 2.60. The van der Waals surface area contributed by atoms with Gasteiger partial charge in [-0.15, -0.1) is 0 Å². The average molecular weight is 370 g/mol. The predicted molar refractivity (Wildman–Crippen MR) is 93.5 cm³/mol. The van der Waals surface area contributed by atoms with E-state index >= 15 is 0 Å². The zero-order valence-electron chi connectivity index (χ0n) is 13.2. The number of nitrogens with one attached hydrogen (secondary N) is 3. The first kappa shape index (κ1) is 17.1. The minimum absolute atomic E-state index is 0.327. The summed E-state index contributed by atoms with van der Waals surface area (Å²) >= 11 is 1.12. The van der Waals surface area contributed by atoms with Crippen molar-refractivity contribution < 1.29 is 12.8 Å². The molecular weight excluding hydrogens is 351 g/mol. The minimum atomic E-state index is -3.98. The fraction of sp³-hybridized carbons (Fsp3) is 0.400. The summed E-state index contributed by atoms with van der Waals surface area (Å²) in [6.45, 7) is 4.44. The van der Waals surface area contributed by atoms with Crippen LogP contribution in [-0.4, -0.2) is 32.4 Å².